The van der Waals surface area contributed by atoms with E-state index in [4.69, 9.17) is 34.8 Å². The van der Waals surface area contributed by atoms with E-state index in [-0.39, 0.29) is 5.91 Å². The van der Waals surface area contributed by atoms with Gasteiger partial charge in [-0.25, -0.2) is 0 Å². The Hall–Kier alpha value is -2.46. The molecule has 29 heavy (non-hydrogen) atoms. The van der Waals surface area contributed by atoms with Gasteiger partial charge >= 0.3 is 0 Å². The van der Waals surface area contributed by atoms with Gasteiger partial charge in [-0.3, -0.25) is 4.79 Å². The van der Waals surface area contributed by atoms with Crippen LogP contribution in [0.15, 0.2) is 72.8 Å². The van der Waals surface area contributed by atoms with Gasteiger partial charge in [-0.15, -0.1) is 0 Å². The number of aromatic nitrogens is 1. The second-order valence-electron chi connectivity index (χ2n) is 6.73. The lowest BCUT2D eigenvalue weighted by Gasteiger charge is -2.13. The van der Waals surface area contributed by atoms with Crippen LogP contribution in [0.4, 0.5) is 0 Å². The van der Waals surface area contributed by atoms with Crippen molar-refractivity contribution in [1.82, 2.24) is 9.88 Å². The first-order valence-corrected chi connectivity index (χ1v) is 10.2. The number of hydrogen-bond acceptors (Lipinski definition) is 1. The van der Waals surface area contributed by atoms with Crippen LogP contribution in [0.25, 0.3) is 10.9 Å². The summed E-state index contributed by atoms with van der Waals surface area (Å²) >= 11 is 18.5. The van der Waals surface area contributed by atoms with Gasteiger partial charge in [-0.2, -0.15) is 0 Å². The molecule has 1 heterocycles. The van der Waals surface area contributed by atoms with E-state index >= 15 is 0 Å². The zero-order valence-corrected chi connectivity index (χ0v) is 17.6. The van der Waals surface area contributed by atoms with Crippen molar-refractivity contribution in [3.63, 3.8) is 0 Å². The summed E-state index contributed by atoms with van der Waals surface area (Å²) in [7, 11) is 0. The van der Waals surface area contributed by atoms with Gasteiger partial charge < -0.3 is 9.88 Å². The Kier molecular flexibility index (Phi) is 5.81. The molecule has 6 heteroatoms. The number of hydrogen-bond donors (Lipinski definition) is 1. The fraction of sp³-hybridized carbons (Fsp3) is 0.0870. The van der Waals surface area contributed by atoms with Crippen LogP contribution >= 0.6 is 34.8 Å². The number of halogens is 3. The van der Waals surface area contributed by atoms with E-state index in [0.29, 0.717) is 33.9 Å². The molecular formula is C23H17Cl3N2O. The highest BCUT2D eigenvalue weighted by molar-refractivity contribution is 6.34. The summed E-state index contributed by atoms with van der Waals surface area (Å²) in [6, 6.07) is 22.7. The van der Waals surface area contributed by atoms with E-state index in [0.717, 1.165) is 22.0 Å². The number of rotatable bonds is 5. The molecule has 0 aliphatic heterocycles. The minimum Gasteiger partial charge on any atom is -0.347 e. The van der Waals surface area contributed by atoms with E-state index in [9.17, 15) is 4.79 Å². The van der Waals surface area contributed by atoms with Gasteiger partial charge in [0.05, 0.1) is 0 Å². The lowest BCUT2D eigenvalue weighted by Crippen LogP contribution is -2.25. The monoisotopic (exact) mass is 442 g/mol. The van der Waals surface area contributed by atoms with Crippen molar-refractivity contribution >= 4 is 51.6 Å². The summed E-state index contributed by atoms with van der Waals surface area (Å²) in [6.45, 7) is 0.825. The molecule has 0 fully saturated rings. The maximum Gasteiger partial charge on any atom is 0.268 e. The highest BCUT2D eigenvalue weighted by Crippen LogP contribution is 2.24. The SMILES string of the molecule is O=C(NCc1cc(Cl)cc(Cl)c1)c1cc2ccccc2n1Cc1ccccc1Cl. The number of carbonyl (C=O) groups excluding carboxylic acids is 1. The lowest BCUT2D eigenvalue weighted by molar-refractivity contribution is 0.0942. The predicted octanol–water partition coefficient (Wildman–Crippen LogP) is 6.58. The first-order chi connectivity index (χ1) is 14.0. The van der Waals surface area contributed by atoms with Gasteiger partial charge in [0.1, 0.15) is 5.69 Å². The molecule has 0 aliphatic rings. The van der Waals surface area contributed by atoms with Crippen molar-refractivity contribution in [3.05, 3.63) is 105 Å². The number of carbonyl (C=O) groups is 1. The number of nitrogens with zero attached hydrogens (tertiary/aromatic N) is 1. The predicted molar refractivity (Wildman–Crippen MR) is 120 cm³/mol. The minimum absolute atomic E-state index is 0.177. The fourth-order valence-corrected chi connectivity index (χ4v) is 4.12. The molecule has 0 aliphatic carbocycles. The van der Waals surface area contributed by atoms with E-state index in [2.05, 4.69) is 5.32 Å². The number of benzene rings is 3. The molecule has 0 saturated heterocycles. The van der Waals surface area contributed by atoms with Crippen LogP contribution in [0.1, 0.15) is 21.6 Å². The normalized spacial score (nSPS) is 11.0. The second-order valence-corrected chi connectivity index (χ2v) is 8.01. The topological polar surface area (TPSA) is 34.0 Å². The largest absolute Gasteiger partial charge is 0.347 e. The van der Waals surface area contributed by atoms with E-state index in [1.807, 2.05) is 59.2 Å². The van der Waals surface area contributed by atoms with Crippen LogP contribution in [-0.4, -0.2) is 10.5 Å². The third-order valence-electron chi connectivity index (χ3n) is 4.70. The summed E-state index contributed by atoms with van der Waals surface area (Å²) in [5, 5.41) is 5.70. The van der Waals surface area contributed by atoms with Crippen LogP contribution in [0.5, 0.6) is 0 Å². The highest BCUT2D eigenvalue weighted by atomic mass is 35.5. The molecule has 0 bridgehead atoms. The molecule has 1 aromatic heterocycles. The molecule has 0 unspecified atom stereocenters. The van der Waals surface area contributed by atoms with Crippen molar-refractivity contribution in [1.29, 1.82) is 0 Å². The van der Waals surface area contributed by atoms with Crippen molar-refractivity contribution < 1.29 is 4.79 Å². The van der Waals surface area contributed by atoms with Crippen LogP contribution in [0, 0.1) is 0 Å². The Bertz CT molecular complexity index is 1180. The molecule has 4 rings (SSSR count). The summed E-state index contributed by atoms with van der Waals surface area (Å²) in [5.41, 5.74) is 3.33. The maximum absolute atomic E-state index is 13.0. The van der Waals surface area contributed by atoms with Gasteiger partial charge in [0.15, 0.2) is 0 Å². The van der Waals surface area contributed by atoms with Crippen molar-refractivity contribution in [2.45, 2.75) is 13.1 Å². The fourth-order valence-electron chi connectivity index (χ4n) is 3.35. The molecule has 0 spiro atoms. The number of para-hydroxylation sites is 1. The van der Waals surface area contributed by atoms with Gasteiger partial charge in [-0.1, -0.05) is 71.2 Å². The van der Waals surface area contributed by atoms with Crippen molar-refractivity contribution in [3.8, 4) is 0 Å². The average molecular weight is 444 g/mol. The van der Waals surface area contributed by atoms with Gasteiger partial charge in [0.25, 0.3) is 5.91 Å². The van der Waals surface area contributed by atoms with Gasteiger partial charge in [-0.05, 0) is 47.5 Å². The number of nitrogens with one attached hydrogen (secondary N) is 1. The Morgan fingerprint density at radius 1 is 0.862 bits per heavy atom. The van der Waals surface area contributed by atoms with E-state index in [1.54, 1.807) is 18.2 Å². The van der Waals surface area contributed by atoms with Crippen LogP contribution in [0.3, 0.4) is 0 Å². The number of amides is 1. The summed E-state index contributed by atoms with van der Waals surface area (Å²) in [6.07, 6.45) is 0. The zero-order valence-electron chi connectivity index (χ0n) is 15.3. The molecule has 3 aromatic carbocycles. The minimum atomic E-state index is -0.177. The summed E-state index contributed by atoms with van der Waals surface area (Å²) in [4.78, 5) is 13.0. The van der Waals surface area contributed by atoms with Gasteiger partial charge in [0, 0.05) is 39.1 Å². The van der Waals surface area contributed by atoms with E-state index < -0.39 is 0 Å². The Balaban J connectivity index is 1.65. The first kappa shape index (κ1) is 19.8. The molecule has 1 amide bonds. The number of fused-ring (bicyclic) bond motifs is 1. The Labute approximate surface area is 183 Å². The Morgan fingerprint density at radius 2 is 1.55 bits per heavy atom. The van der Waals surface area contributed by atoms with Crippen LogP contribution < -0.4 is 5.32 Å². The molecule has 0 saturated carbocycles. The zero-order chi connectivity index (χ0) is 20.4. The summed E-state index contributed by atoms with van der Waals surface area (Å²) < 4.78 is 1.98. The molecule has 0 radical (unpaired) electrons. The molecular weight excluding hydrogens is 427 g/mol. The summed E-state index contributed by atoms with van der Waals surface area (Å²) in [5.74, 6) is -0.177. The highest BCUT2D eigenvalue weighted by Gasteiger charge is 2.16. The lowest BCUT2D eigenvalue weighted by atomic mass is 10.2. The van der Waals surface area contributed by atoms with Crippen molar-refractivity contribution in [2.75, 3.05) is 0 Å². The molecule has 0 atom stereocenters. The quantitative estimate of drug-likeness (QED) is 0.371. The third-order valence-corrected chi connectivity index (χ3v) is 5.51. The average Bonchev–Trinajstić information content (AvgIpc) is 3.06. The van der Waals surface area contributed by atoms with Gasteiger partial charge in [0.2, 0.25) is 0 Å². The standard InChI is InChI=1S/C23H17Cl3N2O/c24-18-9-15(10-19(25)12-18)13-27-23(29)22-11-16-5-2-4-8-21(16)28(22)14-17-6-1-3-7-20(17)26/h1-12H,13-14H2,(H,27,29). The van der Waals surface area contributed by atoms with Crippen LogP contribution in [-0.2, 0) is 13.1 Å². The molecule has 1 N–H and O–H groups in total. The molecule has 3 nitrogen and oxygen atoms in total. The molecule has 146 valence electrons. The van der Waals surface area contributed by atoms with Crippen molar-refractivity contribution in [2.24, 2.45) is 0 Å². The third kappa shape index (κ3) is 4.43. The maximum atomic E-state index is 13.0. The van der Waals surface area contributed by atoms with E-state index in [1.165, 1.54) is 0 Å². The smallest absolute Gasteiger partial charge is 0.268 e. The van der Waals surface area contributed by atoms with Crippen LogP contribution in [0.2, 0.25) is 15.1 Å². The Morgan fingerprint density at radius 3 is 2.31 bits per heavy atom. The molecule has 4 aromatic rings. The second kappa shape index (κ2) is 8.50. The first-order valence-electron chi connectivity index (χ1n) is 9.06.